The van der Waals surface area contributed by atoms with E-state index in [0.29, 0.717) is 0 Å². The summed E-state index contributed by atoms with van der Waals surface area (Å²) in [4.78, 5) is 0. The van der Waals surface area contributed by atoms with Gasteiger partial charge in [-0.2, -0.15) is 0 Å². The van der Waals surface area contributed by atoms with Crippen LogP contribution in [-0.4, -0.2) is 15.0 Å². The Morgan fingerprint density at radius 2 is 2.06 bits per heavy atom. The van der Waals surface area contributed by atoms with E-state index in [1.165, 1.54) is 12.8 Å². The first-order chi connectivity index (χ1) is 7.63. The van der Waals surface area contributed by atoms with E-state index in [9.17, 15) is 0 Å². The third-order valence-electron chi connectivity index (χ3n) is 3.28. The van der Waals surface area contributed by atoms with Crippen molar-refractivity contribution < 1.29 is 0 Å². The predicted octanol–water partition coefficient (Wildman–Crippen LogP) is 3.30. The molecule has 1 aromatic rings. The fraction of sp³-hybridized carbons (Fsp3) is 0.846. The number of aromatic nitrogens is 3. The lowest BCUT2D eigenvalue weighted by Crippen LogP contribution is -2.06. The van der Waals surface area contributed by atoms with Crippen LogP contribution in [0.25, 0.3) is 0 Å². The number of nitrogens with zero attached hydrogens (tertiary/aromatic N) is 3. The van der Waals surface area contributed by atoms with Crippen LogP contribution in [0.1, 0.15) is 52.7 Å². The van der Waals surface area contributed by atoms with Crippen LogP contribution in [0, 0.1) is 11.8 Å². The van der Waals surface area contributed by atoms with Crippen molar-refractivity contribution >= 4 is 0 Å². The summed E-state index contributed by atoms with van der Waals surface area (Å²) >= 11 is 0. The van der Waals surface area contributed by atoms with Crippen molar-refractivity contribution in [1.29, 1.82) is 0 Å². The maximum Gasteiger partial charge on any atom is 0.0827 e. The number of hydrogen-bond acceptors (Lipinski definition) is 2. The monoisotopic (exact) mass is 223 g/mol. The lowest BCUT2D eigenvalue weighted by molar-refractivity contribution is 0.366. The standard InChI is InChI=1S/C13H25N3/c1-5-7-13-10-16(15-14-13)9-6-8-12(4)11(2)3/h10-12H,5-9H2,1-4H3. The molecule has 3 heteroatoms. The molecule has 0 saturated carbocycles. The fourth-order valence-electron chi connectivity index (χ4n) is 1.73. The molecule has 1 aromatic heterocycles. The van der Waals surface area contributed by atoms with E-state index < -0.39 is 0 Å². The van der Waals surface area contributed by atoms with Crippen molar-refractivity contribution in [1.82, 2.24) is 15.0 Å². The van der Waals surface area contributed by atoms with Crippen molar-refractivity contribution in [3.63, 3.8) is 0 Å². The average Bonchev–Trinajstić information content (AvgIpc) is 2.66. The molecule has 1 heterocycles. The molecular weight excluding hydrogens is 198 g/mol. The zero-order valence-corrected chi connectivity index (χ0v) is 11.1. The smallest absolute Gasteiger partial charge is 0.0827 e. The first kappa shape index (κ1) is 13.2. The molecule has 0 aromatic carbocycles. The normalized spacial score (nSPS) is 13.3. The summed E-state index contributed by atoms with van der Waals surface area (Å²) in [5, 5.41) is 8.29. The van der Waals surface area contributed by atoms with E-state index in [0.717, 1.165) is 36.9 Å². The molecule has 0 aliphatic rings. The van der Waals surface area contributed by atoms with Crippen molar-refractivity contribution in [2.75, 3.05) is 0 Å². The van der Waals surface area contributed by atoms with Crippen molar-refractivity contribution in [3.8, 4) is 0 Å². The van der Waals surface area contributed by atoms with Crippen LogP contribution >= 0.6 is 0 Å². The SMILES string of the molecule is CCCc1cn(CCCC(C)C(C)C)nn1. The van der Waals surface area contributed by atoms with Crippen LogP contribution in [0.3, 0.4) is 0 Å². The summed E-state index contributed by atoms with van der Waals surface area (Å²) in [6.45, 7) is 10.1. The van der Waals surface area contributed by atoms with E-state index in [4.69, 9.17) is 0 Å². The summed E-state index contributed by atoms with van der Waals surface area (Å²) in [5.41, 5.74) is 1.12. The first-order valence-electron chi connectivity index (χ1n) is 6.52. The minimum atomic E-state index is 0.784. The molecule has 0 bridgehead atoms. The van der Waals surface area contributed by atoms with E-state index in [-0.39, 0.29) is 0 Å². The largest absolute Gasteiger partial charge is 0.252 e. The summed E-state index contributed by atoms with van der Waals surface area (Å²) in [7, 11) is 0. The Morgan fingerprint density at radius 3 is 2.69 bits per heavy atom. The van der Waals surface area contributed by atoms with Crippen molar-refractivity contribution in [2.24, 2.45) is 11.8 Å². The highest BCUT2D eigenvalue weighted by molar-refractivity contribution is 4.91. The van der Waals surface area contributed by atoms with Crippen LogP contribution in [-0.2, 0) is 13.0 Å². The maximum atomic E-state index is 4.15. The van der Waals surface area contributed by atoms with Crippen LogP contribution in [0.4, 0.5) is 0 Å². The van der Waals surface area contributed by atoms with Gasteiger partial charge in [-0.25, -0.2) is 0 Å². The second kappa shape index (κ2) is 6.66. The predicted molar refractivity (Wildman–Crippen MR) is 67.3 cm³/mol. The highest BCUT2D eigenvalue weighted by Crippen LogP contribution is 2.16. The van der Waals surface area contributed by atoms with Gasteiger partial charge in [-0.3, -0.25) is 4.68 Å². The molecule has 1 rings (SSSR count). The maximum absolute atomic E-state index is 4.15. The molecule has 0 spiro atoms. The second-order valence-corrected chi connectivity index (χ2v) is 5.09. The Morgan fingerprint density at radius 1 is 1.31 bits per heavy atom. The molecule has 0 saturated heterocycles. The van der Waals surface area contributed by atoms with E-state index in [1.807, 2.05) is 4.68 Å². The minimum Gasteiger partial charge on any atom is -0.252 e. The molecule has 0 radical (unpaired) electrons. The van der Waals surface area contributed by atoms with Gasteiger partial charge in [-0.1, -0.05) is 39.3 Å². The lowest BCUT2D eigenvalue weighted by atomic mass is 9.93. The van der Waals surface area contributed by atoms with Crippen LogP contribution in [0.5, 0.6) is 0 Å². The van der Waals surface area contributed by atoms with Gasteiger partial charge >= 0.3 is 0 Å². The zero-order chi connectivity index (χ0) is 12.0. The molecule has 0 aliphatic carbocycles. The molecule has 0 N–H and O–H groups in total. The van der Waals surface area contributed by atoms with Gasteiger partial charge in [0, 0.05) is 12.7 Å². The third-order valence-corrected chi connectivity index (χ3v) is 3.28. The summed E-state index contributed by atoms with van der Waals surface area (Å²) in [6.07, 6.45) is 6.75. The molecule has 1 atom stereocenters. The minimum absolute atomic E-state index is 0.784. The van der Waals surface area contributed by atoms with Gasteiger partial charge < -0.3 is 0 Å². The van der Waals surface area contributed by atoms with Crippen LogP contribution < -0.4 is 0 Å². The second-order valence-electron chi connectivity index (χ2n) is 5.09. The Labute approximate surface area is 99.2 Å². The molecule has 92 valence electrons. The topological polar surface area (TPSA) is 30.7 Å². The number of hydrogen-bond donors (Lipinski definition) is 0. The van der Waals surface area contributed by atoms with Gasteiger partial charge in [0.15, 0.2) is 0 Å². The summed E-state index contributed by atoms with van der Waals surface area (Å²) < 4.78 is 1.98. The number of rotatable bonds is 7. The van der Waals surface area contributed by atoms with Crippen molar-refractivity contribution in [3.05, 3.63) is 11.9 Å². The van der Waals surface area contributed by atoms with E-state index >= 15 is 0 Å². The highest BCUT2D eigenvalue weighted by Gasteiger charge is 2.07. The molecule has 0 aliphatic heterocycles. The third kappa shape index (κ3) is 4.33. The molecule has 1 unspecified atom stereocenters. The average molecular weight is 223 g/mol. The Bertz CT molecular complexity index is 291. The lowest BCUT2D eigenvalue weighted by Gasteiger charge is -2.14. The number of aryl methyl sites for hydroxylation is 2. The van der Waals surface area contributed by atoms with Crippen LogP contribution in [0.2, 0.25) is 0 Å². The molecule has 0 amide bonds. The fourth-order valence-corrected chi connectivity index (χ4v) is 1.73. The van der Waals surface area contributed by atoms with E-state index in [1.54, 1.807) is 0 Å². The Balaban J connectivity index is 2.26. The molecule has 3 nitrogen and oxygen atoms in total. The van der Waals surface area contributed by atoms with Gasteiger partial charge in [-0.05, 0) is 31.1 Å². The first-order valence-corrected chi connectivity index (χ1v) is 6.52. The molecule has 16 heavy (non-hydrogen) atoms. The van der Waals surface area contributed by atoms with Gasteiger partial charge in [0.05, 0.1) is 5.69 Å². The van der Waals surface area contributed by atoms with Crippen molar-refractivity contribution in [2.45, 2.75) is 59.9 Å². The summed E-state index contributed by atoms with van der Waals surface area (Å²) in [5.74, 6) is 1.59. The Hall–Kier alpha value is -0.860. The zero-order valence-electron chi connectivity index (χ0n) is 11.1. The van der Waals surface area contributed by atoms with E-state index in [2.05, 4.69) is 44.2 Å². The van der Waals surface area contributed by atoms with Gasteiger partial charge in [0.2, 0.25) is 0 Å². The summed E-state index contributed by atoms with van der Waals surface area (Å²) in [6, 6.07) is 0. The van der Waals surface area contributed by atoms with Gasteiger partial charge in [0.25, 0.3) is 0 Å². The van der Waals surface area contributed by atoms with Gasteiger partial charge in [-0.15, -0.1) is 5.10 Å². The quantitative estimate of drug-likeness (QED) is 0.710. The molecular formula is C13H25N3. The van der Waals surface area contributed by atoms with Gasteiger partial charge in [0.1, 0.15) is 0 Å². The Kier molecular flexibility index (Phi) is 5.50. The van der Waals surface area contributed by atoms with Crippen LogP contribution in [0.15, 0.2) is 6.20 Å². The highest BCUT2D eigenvalue weighted by atomic mass is 15.4. The molecule has 0 fully saturated rings.